The van der Waals surface area contributed by atoms with Crippen molar-refractivity contribution >= 4 is 57.1 Å². The van der Waals surface area contributed by atoms with Gasteiger partial charge >= 0.3 is 6.03 Å². The zero-order valence-corrected chi connectivity index (χ0v) is 23.8. The minimum absolute atomic E-state index is 0.102. The van der Waals surface area contributed by atoms with Gasteiger partial charge in [0.1, 0.15) is 5.57 Å². The van der Waals surface area contributed by atoms with Crippen molar-refractivity contribution < 1.29 is 14.7 Å². The first-order chi connectivity index (χ1) is 19.9. The second-order valence-electron chi connectivity index (χ2n) is 9.27. The third-order valence-electron chi connectivity index (χ3n) is 6.67. The van der Waals surface area contributed by atoms with Gasteiger partial charge in [0.05, 0.1) is 17.1 Å². The van der Waals surface area contributed by atoms with Crippen molar-refractivity contribution in [2.45, 2.75) is 0 Å². The number of imide groups is 1. The maximum absolute atomic E-state index is 13.7. The minimum atomic E-state index is -0.866. The Morgan fingerprint density at radius 3 is 2.07 bits per heavy atom. The van der Waals surface area contributed by atoms with Gasteiger partial charge in [-0.15, -0.1) is 0 Å². The van der Waals surface area contributed by atoms with Gasteiger partial charge in [-0.1, -0.05) is 94.3 Å². The highest BCUT2D eigenvalue weighted by Gasteiger charge is 2.35. The summed E-state index contributed by atoms with van der Waals surface area (Å²) in [4.78, 5) is 31.2. The van der Waals surface area contributed by atoms with Gasteiger partial charge in [-0.05, 0) is 65.7 Å². The molecule has 2 heterocycles. The molecule has 0 atom stereocenters. The molecule has 1 aliphatic heterocycles. The van der Waals surface area contributed by atoms with Crippen LogP contribution in [-0.4, -0.2) is 27.5 Å². The number of carbonyl (C=O) groups is 2. The first-order valence-corrected chi connectivity index (χ1v) is 13.8. The quantitative estimate of drug-likeness (QED) is 0.199. The number of halogens is 2. The number of hydrogen-bond acceptors (Lipinski definition) is 2. The molecule has 8 heteroatoms. The van der Waals surface area contributed by atoms with Gasteiger partial charge < -0.3 is 9.67 Å². The van der Waals surface area contributed by atoms with Crippen molar-refractivity contribution in [3.05, 3.63) is 136 Å². The molecule has 1 aliphatic rings. The fourth-order valence-corrected chi connectivity index (χ4v) is 5.35. The number of aliphatic hydroxyl groups excluding tert-OH is 1. The van der Waals surface area contributed by atoms with Crippen molar-refractivity contribution in [2.75, 3.05) is 4.90 Å². The molecule has 0 radical (unpaired) electrons. The lowest BCUT2D eigenvalue weighted by atomic mass is 10.0. The van der Waals surface area contributed by atoms with E-state index in [9.17, 15) is 14.7 Å². The number of aliphatic imine (C=N–C) groups is 1. The molecule has 0 unspecified atom stereocenters. The summed E-state index contributed by atoms with van der Waals surface area (Å²) >= 11 is 9.62. The fourth-order valence-electron chi connectivity index (χ4n) is 4.84. The van der Waals surface area contributed by atoms with Crippen molar-refractivity contribution in [2.24, 2.45) is 4.99 Å². The Balaban J connectivity index is 1.61. The van der Waals surface area contributed by atoms with Crippen LogP contribution in [0.15, 0.2) is 130 Å². The van der Waals surface area contributed by atoms with Crippen LogP contribution in [0.4, 0.5) is 10.5 Å². The van der Waals surface area contributed by atoms with Crippen LogP contribution in [0.25, 0.3) is 34.3 Å². The van der Waals surface area contributed by atoms with Crippen LogP contribution in [0.1, 0.15) is 5.56 Å². The molecule has 6 nitrogen and oxygen atoms in total. The van der Waals surface area contributed by atoms with E-state index in [0.717, 1.165) is 33.1 Å². The van der Waals surface area contributed by atoms with E-state index in [1.165, 1.54) is 0 Å². The fraction of sp³-hybridized carbons (Fsp3) is 0. The first kappa shape index (κ1) is 26.5. The maximum atomic E-state index is 13.7. The van der Waals surface area contributed by atoms with Crippen LogP contribution in [0.3, 0.4) is 0 Å². The number of aromatic nitrogens is 1. The Morgan fingerprint density at radius 2 is 1.41 bits per heavy atom. The van der Waals surface area contributed by atoms with Crippen molar-refractivity contribution in [1.29, 1.82) is 0 Å². The zero-order chi connectivity index (χ0) is 28.5. The molecule has 0 aliphatic carbocycles. The third-order valence-corrected chi connectivity index (χ3v) is 7.41. The molecule has 4 aromatic carbocycles. The second-order valence-corrected chi connectivity index (χ2v) is 10.6. The maximum Gasteiger partial charge on any atom is 0.358 e. The zero-order valence-electron chi connectivity index (χ0n) is 21.4. The highest BCUT2D eigenvalue weighted by Crippen LogP contribution is 2.38. The van der Waals surface area contributed by atoms with Gasteiger partial charge in [0.15, 0.2) is 0 Å². The van der Waals surface area contributed by atoms with Gasteiger partial charge in [0, 0.05) is 20.7 Å². The van der Waals surface area contributed by atoms with Gasteiger partial charge in [-0.25, -0.2) is 9.69 Å². The van der Waals surface area contributed by atoms with E-state index in [1.807, 2.05) is 91.0 Å². The van der Waals surface area contributed by atoms with E-state index in [1.54, 1.807) is 30.3 Å². The molecule has 1 N–H and O–H groups in total. The number of benzene rings is 4. The summed E-state index contributed by atoms with van der Waals surface area (Å²) in [6, 6.07) is 35.0. The van der Waals surface area contributed by atoms with Gasteiger partial charge in [-0.3, -0.25) is 4.79 Å². The lowest BCUT2D eigenvalue weighted by Crippen LogP contribution is -2.42. The Kier molecular flexibility index (Phi) is 7.14. The van der Waals surface area contributed by atoms with E-state index < -0.39 is 17.8 Å². The average Bonchev–Trinajstić information content (AvgIpc) is 3.36. The number of urea groups is 1. The number of amides is 3. The minimum Gasteiger partial charge on any atom is -0.493 e. The first-order valence-electron chi connectivity index (χ1n) is 12.7. The molecule has 0 fully saturated rings. The Hall–Kier alpha value is -4.72. The standard InChI is InChI=1S/C33H21BrClN3O3/c34-24-12-7-13-27(20-24)38-32(40)28(31(39)36-33(38)41)18-23-19-29(21-8-3-1-4-9-21)37(26-16-14-25(35)15-17-26)30(23)22-10-5-2-6-11-22/h1-20H,(H,36,39,41)/b28-18-. The van der Waals surface area contributed by atoms with E-state index in [0.29, 0.717) is 20.7 Å². The lowest BCUT2D eigenvalue weighted by molar-refractivity contribution is -0.114. The van der Waals surface area contributed by atoms with Crippen LogP contribution >= 0.6 is 27.5 Å². The van der Waals surface area contributed by atoms with E-state index in [-0.39, 0.29) is 5.57 Å². The molecule has 41 heavy (non-hydrogen) atoms. The molecule has 0 spiro atoms. The molecule has 0 saturated heterocycles. The van der Waals surface area contributed by atoms with Crippen LogP contribution in [0, 0.1) is 0 Å². The summed E-state index contributed by atoms with van der Waals surface area (Å²) in [5.41, 5.74) is 5.22. The molecular formula is C33H21BrClN3O3. The predicted octanol–water partition coefficient (Wildman–Crippen LogP) is 8.73. The third kappa shape index (κ3) is 5.13. The molecular weight excluding hydrogens is 602 g/mol. The Bertz CT molecular complexity index is 1850. The smallest absolute Gasteiger partial charge is 0.358 e. The van der Waals surface area contributed by atoms with E-state index >= 15 is 0 Å². The van der Waals surface area contributed by atoms with Gasteiger partial charge in [0.2, 0.25) is 5.90 Å². The largest absolute Gasteiger partial charge is 0.493 e. The molecule has 5 aromatic rings. The Morgan fingerprint density at radius 1 is 0.756 bits per heavy atom. The summed E-state index contributed by atoms with van der Waals surface area (Å²) in [5, 5.41) is 11.4. The van der Waals surface area contributed by atoms with Crippen molar-refractivity contribution in [3.63, 3.8) is 0 Å². The summed E-state index contributed by atoms with van der Waals surface area (Å²) in [6.45, 7) is 0. The van der Waals surface area contributed by atoms with Gasteiger partial charge in [-0.2, -0.15) is 4.99 Å². The lowest BCUT2D eigenvalue weighted by Gasteiger charge is -2.23. The Labute approximate surface area is 249 Å². The number of nitrogens with zero attached hydrogens (tertiary/aromatic N) is 3. The van der Waals surface area contributed by atoms with Crippen LogP contribution in [-0.2, 0) is 4.79 Å². The normalized spacial score (nSPS) is 14.4. The second kappa shape index (κ2) is 11.0. The number of carbonyl (C=O) groups excluding carboxylic acids is 2. The summed E-state index contributed by atoms with van der Waals surface area (Å²) in [5.74, 6) is -1.31. The molecule has 0 bridgehead atoms. The summed E-state index contributed by atoms with van der Waals surface area (Å²) in [6.07, 6.45) is 1.58. The molecule has 3 amide bonds. The molecule has 0 saturated carbocycles. The molecule has 6 rings (SSSR count). The molecule has 1 aromatic heterocycles. The van der Waals surface area contributed by atoms with Crippen LogP contribution in [0.5, 0.6) is 0 Å². The summed E-state index contributed by atoms with van der Waals surface area (Å²) < 4.78 is 2.78. The van der Waals surface area contributed by atoms with Crippen molar-refractivity contribution in [1.82, 2.24) is 4.57 Å². The van der Waals surface area contributed by atoms with E-state index in [2.05, 4.69) is 25.5 Å². The monoisotopic (exact) mass is 621 g/mol. The van der Waals surface area contributed by atoms with Gasteiger partial charge in [0.25, 0.3) is 5.91 Å². The number of anilines is 1. The summed E-state index contributed by atoms with van der Waals surface area (Å²) in [7, 11) is 0. The topological polar surface area (TPSA) is 74.9 Å². The highest BCUT2D eigenvalue weighted by atomic mass is 79.9. The van der Waals surface area contributed by atoms with Crippen LogP contribution < -0.4 is 4.90 Å². The molecule has 200 valence electrons. The predicted molar refractivity (Wildman–Crippen MR) is 167 cm³/mol. The number of hydrogen-bond donors (Lipinski definition) is 1. The van der Waals surface area contributed by atoms with Crippen molar-refractivity contribution in [3.8, 4) is 28.2 Å². The highest BCUT2D eigenvalue weighted by molar-refractivity contribution is 9.10. The van der Waals surface area contributed by atoms with Crippen LogP contribution in [0.2, 0.25) is 5.02 Å². The number of rotatable bonds is 5. The SMILES string of the molecule is O=C1N=C(O)/C(=C/c2cc(-c3ccccc3)n(-c3ccc(Cl)cc3)c2-c2ccccc2)C(=O)N1c1cccc(Br)c1. The van der Waals surface area contributed by atoms with E-state index in [4.69, 9.17) is 11.6 Å². The number of aliphatic hydroxyl groups is 1. The average molecular weight is 623 g/mol.